The average molecular weight is 214 g/mol. The maximum Gasteiger partial charge on any atom is 0.112 e. The zero-order chi connectivity index (χ0) is 10.5. The molecule has 1 nitrogen and oxygen atoms in total. The van der Waals surface area contributed by atoms with E-state index in [0.29, 0.717) is 5.73 Å². The summed E-state index contributed by atoms with van der Waals surface area (Å²) in [4.78, 5) is 0. The monoisotopic (exact) mass is 214 g/mol. The lowest BCUT2D eigenvalue weighted by atomic mass is 9.98. The molecule has 0 bridgehead atoms. The minimum Gasteiger partial charge on any atom is -0.366 e. The van der Waals surface area contributed by atoms with E-state index in [0.717, 1.165) is 10.2 Å². The van der Waals surface area contributed by atoms with Crippen LogP contribution in [0.4, 0.5) is 0 Å². The molecule has 1 saturated heterocycles. The van der Waals surface area contributed by atoms with Crippen LogP contribution in [0.15, 0.2) is 42.5 Å². The molecule has 0 amide bonds. The van der Waals surface area contributed by atoms with Gasteiger partial charge < -0.3 is 4.74 Å². The third-order valence-electron chi connectivity index (χ3n) is 3.46. The highest BCUT2D eigenvalue weighted by atomic mass is 28.1. The van der Waals surface area contributed by atoms with E-state index in [4.69, 9.17) is 4.74 Å². The Morgan fingerprint density at radius 3 is 2.47 bits per heavy atom. The molecule has 1 aliphatic rings. The molecule has 2 aromatic rings. The highest BCUT2D eigenvalue weighted by molar-refractivity contribution is 6.13. The summed E-state index contributed by atoms with van der Waals surface area (Å²) in [6, 6.07) is 15.1. The van der Waals surface area contributed by atoms with Crippen LogP contribution >= 0.6 is 0 Å². The number of benzene rings is 2. The van der Waals surface area contributed by atoms with Crippen LogP contribution in [0.25, 0.3) is 10.8 Å². The smallest absolute Gasteiger partial charge is 0.112 e. The molecule has 0 saturated carbocycles. The average Bonchev–Trinajstić information content (AvgIpc) is 2.88. The Labute approximate surface area is 92.5 Å². The van der Waals surface area contributed by atoms with E-state index in [1.807, 2.05) is 0 Å². The number of hydrogen-bond acceptors (Lipinski definition) is 1. The van der Waals surface area contributed by atoms with Gasteiger partial charge in [0.15, 0.2) is 0 Å². The van der Waals surface area contributed by atoms with E-state index in [9.17, 15) is 0 Å². The van der Waals surface area contributed by atoms with Gasteiger partial charge in [-0.2, -0.15) is 0 Å². The molecule has 0 unspecified atom stereocenters. The van der Waals surface area contributed by atoms with Crippen LogP contribution in [0.1, 0.15) is 12.5 Å². The molecule has 1 fully saturated rings. The van der Waals surface area contributed by atoms with Crippen LogP contribution in [0.3, 0.4) is 0 Å². The van der Waals surface area contributed by atoms with Crippen LogP contribution in [-0.4, -0.2) is 16.0 Å². The quantitative estimate of drug-likeness (QED) is 0.521. The molecule has 0 spiro atoms. The summed E-state index contributed by atoms with van der Waals surface area (Å²) in [6.45, 7) is 2.19. The number of rotatable bonds is 1. The lowest BCUT2D eigenvalue weighted by Gasteiger charge is -2.07. The van der Waals surface area contributed by atoms with Crippen molar-refractivity contribution in [2.45, 2.75) is 18.3 Å². The Kier molecular flexibility index (Phi) is 1.79. The number of ether oxygens (including phenoxy) is 1. The molecule has 3 rings (SSSR count). The summed E-state index contributed by atoms with van der Waals surface area (Å²) >= 11 is 0. The van der Waals surface area contributed by atoms with Crippen LogP contribution < -0.4 is 0 Å². The number of fused-ring (bicyclic) bond motifs is 1. The van der Waals surface area contributed by atoms with E-state index in [1.54, 1.807) is 0 Å². The molecule has 15 heavy (non-hydrogen) atoms. The van der Waals surface area contributed by atoms with Crippen molar-refractivity contribution in [3.05, 3.63) is 48.0 Å². The molecule has 2 atom stereocenters. The van der Waals surface area contributed by atoms with Crippen molar-refractivity contribution in [2.75, 3.05) is 0 Å². The van der Waals surface area contributed by atoms with Crippen LogP contribution in [0.2, 0.25) is 0 Å². The molecule has 0 aromatic heterocycles. The van der Waals surface area contributed by atoms with Gasteiger partial charge >= 0.3 is 0 Å². The SMILES string of the molecule is C[C@@]1(c2ccc3ccccc3c2)O[C@@H]1[SiH3]. The summed E-state index contributed by atoms with van der Waals surface area (Å²) in [7, 11) is 1.11. The Hall–Kier alpha value is -1.12. The Balaban J connectivity index is 2.15. The van der Waals surface area contributed by atoms with E-state index in [-0.39, 0.29) is 5.60 Å². The molecule has 0 radical (unpaired) electrons. The Morgan fingerprint density at radius 1 is 1.13 bits per heavy atom. The van der Waals surface area contributed by atoms with Gasteiger partial charge in [-0.3, -0.25) is 0 Å². The molecule has 2 aromatic carbocycles. The zero-order valence-corrected chi connectivity index (χ0v) is 11.0. The first-order valence-electron chi connectivity index (χ1n) is 5.37. The van der Waals surface area contributed by atoms with Gasteiger partial charge in [-0.15, -0.1) is 0 Å². The van der Waals surface area contributed by atoms with Crippen LogP contribution in [-0.2, 0) is 10.3 Å². The minimum atomic E-state index is 0.0102. The predicted octanol–water partition coefficient (Wildman–Crippen LogP) is 1.78. The highest BCUT2D eigenvalue weighted by Gasteiger charge is 2.49. The van der Waals surface area contributed by atoms with Gasteiger partial charge in [-0.25, -0.2) is 0 Å². The minimum absolute atomic E-state index is 0.0102. The fourth-order valence-electron chi connectivity index (χ4n) is 2.13. The number of epoxide rings is 1. The summed E-state index contributed by atoms with van der Waals surface area (Å²) in [5.41, 5.74) is 1.82. The topological polar surface area (TPSA) is 12.5 Å². The van der Waals surface area contributed by atoms with Crippen molar-refractivity contribution in [2.24, 2.45) is 0 Å². The fraction of sp³-hybridized carbons (Fsp3) is 0.231. The van der Waals surface area contributed by atoms with Crippen molar-refractivity contribution < 1.29 is 4.74 Å². The fourth-order valence-corrected chi connectivity index (χ4v) is 2.96. The van der Waals surface area contributed by atoms with E-state index in [1.165, 1.54) is 16.3 Å². The Bertz CT molecular complexity index is 523. The molecule has 0 aliphatic carbocycles. The van der Waals surface area contributed by atoms with Crippen molar-refractivity contribution in [3.8, 4) is 0 Å². The molecular formula is C13H14OSi. The van der Waals surface area contributed by atoms with Gasteiger partial charge in [-0.1, -0.05) is 36.4 Å². The molecule has 1 aliphatic heterocycles. The lowest BCUT2D eigenvalue weighted by molar-refractivity contribution is 0.325. The second kappa shape index (κ2) is 2.94. The largest absolute Gasteiger partial charge is 0.366 e. The van der Waals surface area contributed by atoms with Gasteiger partial charge in [0.05, 0.1) is 5.73 Å². The lowest BCUT2D eigenvalue weighted by Crippen LogP contribution is -2.07. The maximum absolute atomic E-state index is 5.70. The van der Waals surface area contributed by atoms with Crippen molar-refractivity contribution >= 4 is 21.0 Å². The Morgan fingerprint density at radius 2 is 1.80 bits per heavy atom. The van der Waals surface area contributed by atoms with Crippen LogP contribution in [0, 0.1) is 0 Å². The van der Waals surface area contributed by atoms with Gasteiger partial charge in [-0.05, 0) is 29.3 Å². The van der Waals surface area contributed by atoms with Gasteiger partial charge in [0.1, 0.15) is 5.60 Å². The van der Waals surface area contributed by atoms with Gasteiger partial charge in [0, 0.05) is 10.2 Å². The van der Waals surface area contributed by atoms with Crippen molar-refractivity contribution in [3.63, 3.8) is 0 Å². The predicted molar refractivity (Wildman–Crippen MR) is 66.1 cm³/mol. The molecule has 76 valence electrons. The van der Waals surface area contributed by atoms with Crippen LogP contribution in [0.5, 0.6) is 0 Å². The summed E-state index contributed by atoms with van der Waals surface area (Å²) in [5, 5.41) is 2.61. The normalized spacial score (nSPS) is 29.5. The van der Waals surface area contributed by atoms with E-state index in [2.05, 4.69) is 49.4 Å². The summed E-state index contributed by atoms with van der Waals surface area (Å²) in [6.07, 6.45) is 0. The van der Waals surface area contributed by atoms with Crippen molar-refractivity contribution in [1.29, 1.82) is 0 Å². The third kappa shape index (κ3) is 1.33. The highest BCUT2D eigenvalue weighted by Crippen LogP contribution is 2.44. The first-order chi connectivity index (χ1) is 7.20. The molecule has 1 heterocycles. The second-order valence-electron chi connectivity index (χ2n) is 4.43. The molecule has 0 N–H and O–H groups in total. The van der Waals surface area contributed by atoms with Gasteiger partial charge in [0.2, 0.25) is 0 Å². The van der Waals surface area contributed by atoms with Crippen molar-refractivity contribution in [1.82, 2.24) is 0 Å². The van der Waals surface area contributed by atoms with E-state index < -0.39 is 0 Å². The molecule has 2 heteroatoms. The summed E-state index contributed by atoms with van der Waals surface area (Å²) < 4.78 is 5.70. The molecular weight excluding hydrogens is 200 g/mol. The third-order valence-corrected chi connectivity index (χ3v) is 4.80. The van der Waals surface area contributed by atoms with E-state index >= 15 is 0 Å². The second-order valence-corrected chi connectivity index (χ2v) is 5.48. The zero-order valence-electron chi connectivity index (χ0n) is 9.03. The van der Waals surface area contributed by atoms with Gasteiger partial charge in [0.25, 0.3) is 0 Å². The first-order valence-corrected chi connectivity index (χ1v) is 6.53. The first kappa shape index (κ1) is 9.13. The maximum atomic E-state index is 5.70. The standard InChI is InChI=1S/C13H14OSi/c1-13(12(15)14-13)11-7-6-9-4-2-3-5-10(9)8-11/h2-8,12H,1,15H3/t12-,13+/m1/s1. The number of hydrogen-bond donors (Lipinski definition) is 0. The summed E-state index contributed by atoms with van der Waals surface area (Å²) in [5.74, 6) is 0.